The van der Waals surface area contributed by atoms with Gasteiger partial charge in [0.05, 0.1) is 23.2 Å². The van der Waals surface area contributed by atoms with Crippen LogP contribution in [-0.2, 0) is 21.0 Å². The molecule has 2 aromatic rings. The van der Waals surface area contributed by atoms with E-state index in [4.69, 9.17) is 0 Å². The maximum atomic E-state index is 13.0. The SMILES string of the molecule is Cc1ccc(N(CCCC(=O)Nc2ccccc2C(F)(F)F)S(C)(=O)=O)cc1. The van der Waals surface area contributed by atoms with Crippen molar-refractivity contribution in [2.24, 2.45) is 0 Å². The summed E-state index contributed by atoms with van der Waals surface area (Å²) in [6.45, 7) is 1.91. The van der Waals surface area contributed by atoms with Gasteiger partial charge < -0.3 is 5.32 Å². The number of carbonyl (C=O) groups excluding carboxylic acids is 1. The van der Waals surface area contributed by atoms with Crippen molar-refractivity contribution >= 4 is 27.3 Å². The second-order valence-corrected chi connectivity index (χ2v) is 8.27. The molecule has 0 radical (unpaired) electrons. The lowest BCUT2D eigenvalue weighted by molar-refractivity contribution is -0.137. The van der Waals surface area contributed by atoms with Gasteiger partial charge in [-0.05, 0) is 37.6 Å². The summed E-state index contributed by atoms with van der Waals surface area (Å²) in [4.78, 5) is 12.1. The van der Waals surface area contributed by atoms with E-state index in [1.807, 2.05) is 6.92 Å². The third-order valence-corrected chi connectivity index (χ3v) is 5.19. The Morgan fingerprint density at radius 1 is 1.07 bits per heavy atom. The second-order valence-electron chi connectivity index (χ2n) is 6.37. The normalized spacial score (nSPS) is 11.9. The van der Waals surface area contributed by atoms with Gasteiger partial charge in [-0.25, -0.2) is 8.42 Å². The molecule has 0 spiro atoms. The third-order valence-electron chi connectivity index (χ3n) is 3.99. The minimum atomic E-state index is -4.58. The smallest absolute Gasteiger partial charge is 0.326 e. The molecule has 0 aromatic heterocycles. The van der Waals surface area contributed by atoms with Gasteiger partial charge in [-0.2, -0.15) is 13.2 Å². The van der Waals surface area contributed by atoms with E-state index < -0.39 is 27.7 Å². The number of rotatable bonds is 7. The molecule has 0 aliphatic rings. The van der Waals surface area contributed by atoms with Crippen LogP contribution in [0.4, 0.5) is 24.5 Å². The lowest BCUT2D eigenvalue weighted by Gasteiger charge is -2.22. The van der Waals surface area contributed by atoms with E-state index in [1.54, 1.807) is 24.3 Å². The number of alkyl halides is 3. The zero-order valence-electron chi connectivity index (χ0n) is 15.5. The average Bonchev–Trinajstić information content (AvgIpc) is 2.58. The Hall–Kier alpha value is -2.55. The molecule has 0 saturated heterocycles. The highest BCUT2D eigenvalue weighted by Crippen LogP contribution is 2.34. The van der Waals surface area contributed by atoms with Crippen molar-refractivity contribution in [1.82, 2.24) is 0 Å². The minimum absolute atomic E-state index is 0.0379. The van der Waals surface area contributed by atoms with Gasteiger partial charge >= 0.3 is 6.18 Å². The maximum absolute atomic E-state index is 13.0. The molecule has 0 unspecified atom stereocenters. The molecule has 1 N–H and O–H groups in total. The topological polar surface area (TPSA) is 66.5 Å². The number of benzene rings is 2. The molecular formula is C19H21F3N2O3S. The van der Waals surface area contributed by atoms with Crippen LogP contribution in [0, 0.1) is 6.92 Å². The van der Waals surface area contributed by atoms with Crippen molar-refractivity contribution in [3.05, 3.63) is 59.7 Å². The van der Waals surface area contributed by atoms with Crippen molar-refractivity contribution in [2.45, 2.75) is 25.9 Å². The molecule has 0 atom stereocenters. The molecule has 152 valence electrons. The Labute approximate surface area is 162 Å². The summed E-state index contributed by atoms with van der Waals surface area (Å²) in [5.74, 6) is -0.617. The first-order valence-corrected chi connectivity index (χ1v) is 10.3. The van der Waals surface area contributed by atoms with E-state index >= 15 is 0 Å². The van der Waals surface area contributed by atoms with Crippen LogP contribution in [0.15, 0.2) is 48.5 Å². The predicted molar refractivity (Wildman–Crippen MR) is 103 cm³/mol. The monoisotopic (exact) mass is 414 g/mol. The minimum Gasteiger partial charge on any atom is -0.326 e. The average molecular weight is 414 g/mol. The quantitative estimate of drug-likeness (QED) is 0.739. The molecule has 2 rings (SSSR count). The van der Waals surface area contributed by atoms with E-state index in [0.29, 0.717) is 5.69 Å². The number of nitrogens with one attached hydrogen (secondary N) is 1. The van der Waals surface area contributed by atoms with Gasteiger partial charge in [0.1, 0.15) is 0 Å². The molecule has 0 aliphatic carbocycles. The highest BCUT2D eigenvalue weighted by atomic mass is 32.2. The van der Waals surface area contributed by atoms with Crippen LogP contribution in [0.25, 0.3) is 0 Å². The summed E-state index contributed by atoms with van der Waals surface area (Å²) in [7, 11) is -3.56. The van der Waals surface area contributed by atoms with E-state index in [2.05, 4.69) is 5.32 Å². The van der Waals surface area contributed by atoms with Crippen molar-refractivity contribution in [1.29, 1.82) is 0 Å². The van der Waals surface area contributed by atoms with Crippen LogP contribution in [0.2, 0.25) is 0 Å². The maximum Gasteiger partial charge on any atom is 0.418 e. The number of amides is 1. The fraction of sp³-hybridized carbons (Fsp3) is 0.316. The van der Waals surface area contributed by atoms with Crippen LogP contribution < -0.4 is 9.62 Å². The lowest BCUT2D eigenvalue weighted by Crippen LogP contribution is -2.31. The van der Waals surface area contributed by atoms with Gasteiger partial charge in [-0.15, -0.1) is 0 Å². The van der Waals surface area contributed by atoms with Crippen LogP contribution in [-0.4, -0.2) is 27.1 Å². The fourth-order valence-electron chi connectivity index (χ4n) is 2.63. The largest absolute Gasteiger partial charge is 0.418 e. The molecule has 0 heterocycles. The van der Waals surface area contributed by atoms with Crippen molar-refractivity contribution in [2.75, 3.05) is 22.4 Å². The highest BCUT2D eigenvalue weighted by molar-refractivity contribution is 7.92. The number of sulfonamides is 1. The first kappa shape index (κ1) is 21.7. The second kappa shape index (κ2) is 8.64. The van der Waals surface area contributed by atoms with Crippen LogP contribution in [0.3, 0.4) is 0 Å². The van der Waals surface area contributed by atoms with Gasteiger partial charge in [0.15, 0.2) is 0 Å². The summed E-state index contributed by atoms with van der Waals surface area (Å²) in [6, 6.07) is 11.6. The Morgan fingerprint density at radius 2 is 1.68 bits per heavy atom. The Kier molecular flexibility index (Phi) is 6.71. The lowest BCUT2D eigenvalue weighted by atomic mass is 10.1. The molecule has 5 nitrogen and oxygen atoms in total. The molecule has 0 saturated carbocycles. The Balaban J connectivity index is 2.01. The Bertz CT molecular complexity index is 926. The molecule has 28 heavy (non-hydrogen) atoms. The number of para-hydroxylation sites is 1. The standard InChI is InChI=1S/C19H21F3N2O3S/c1-14-9-11-15(12-10-14)24(28(2,26)27)13-5-8-18(25)23-17-7-4-3-6-16(17)19(20,21)22/h3-4,6-7,9-12H,5,8,13H2,1-2H3,(H,23,25). The first-order valence-electron chi connectivity index (χ1n) is 8.49. The van der Waals surface area contributed by atoms with Gasteiger partial charge in [-0.1, -0.05) is 29.8 Å². The van der Waals surface area contributed by atoms with Gasteiger partial charge in [0.2, 0.25) is 15.9 Å². The number of carbonyl (C=O) groups is 1. The summed E-state index contributed by atoms with van der Waals surface area (Å²) in [5.41, 5.74) is 0.190. The van der Waals surface area contributed by atoms with E-state index in [1.165, 1.54) is 22.5 Å². The number of aryl methyl sites for hydroxylation is 1. The third kappa shape index (κ3) is 5.98. The molecule has 0 fully saturated rings. The van der Waals surface area contributed by atoms with E-state index in [0.717, 1.165) is 17.9 Å². The summed E-state index contributed by atoms with van der Waals surface area (Å²) in [5, 5.41) is 2.25. The number of nitrogens with zero attached hydrogens (tertiary/aromatic N) is 1. The van der Waals surface area contributed by atoms with Crippen LogP contribution in [0.5, 0.6) is 0 Å². The summed E-state index contributed by atoms with van der Waals surface area (Å²) < 4.78 is 64.2. The number of hydrogen-bond donors (Lipinski definition) is 1. The molecule has 0 bridgehead atoms. The van der Waals surface area contributed by atoms with Crippen LogP contribution in [0.1, 0.15) is 24.0 Å². The van der Waals surface area contributed by atoms with Gasteiger partial charge in [-0.3, -0.25) is 9.10 Å². The van der Waals surface area contributed by atoms with Crippen LogP contribution >= 0.6 is 0 Å². The summed E-state index contributed by atoms with van der Waals surface area (Å²) >= 11 is 0. The number of halogens is 3. The highest BCUT2D eigenvalue weighted by Gasteiger charge is 2.33. The van der Waals surface area contributed by atoms with Crippen molar-refractivity contribution < 1.29 is 26.4 Å². The molecular weight excluding hydrogens is 393 g/mol. The van der Waals surface area contributed by atoms with E-state index in [-0.39, 0.29) is 25.1 Å². The Morgan fingerprint density at radius 3 is 2.25 bits per heavy atom. The van der Waals surface area contributed by atoms with Gasteiger partial charge in [0.25, 0.3) is 0 Å². The summed E-state index contributed by atoms with van der Waals surface area (Å²) in [6.07, 6.45) is -3.49. The zero-order valence-corrected chi connectivity index (χ0v) is 16.3. The fourth-order valence-corrected chi connectivity index (χ4v) is 3.60. The number of hydrogen-bond acceptors (Lipinski definition) is 3. The molecule has 0 aliphatic heterocycles. The predicted octanol–water partition coefficient (Wildman–Crippen LogP) is 4.20. The number of anilines is 2. The van der Waals surface area contributed by atoms with Crippen molar-refractivity contribution in [3.8, 4) is 0 Å². The molecule has 9 heteroatoms. The van der Waals surface area contributed by atoms with Gasteiger partial charge in [0, 0.05) is 13.0 Å². The molecule has 1 amide bonds. The first-order chi connectivity index (χ1) is 13.0. The van der Waals surface area contributed by atoms with Crippen molar-refractivity contribution in [3.63, 3.8) is 0 Å². The zero-order chi connectivity index (χ0) is 20.9. The van der Waals surface area contributed by atoms with E-state index in [9.17, 15) is 26.4 Å². The molecule has 2 aromatic carbocycles.